The molecule has 0 radical (unpaired) electrons. The molecule has 27 heavy (non-hydrogen) atoms. The highest BCUT2D eigenvalue weighted by atomic mass is 16.5. The van der Waals surface area contributed by atoms with Gasteiger partial charge in [0.25, 0.3) is 0 Å². The lowest BCUT2D eigenvalue weighted by molar-refractivity contribution is 0.0485. The molecule has 4 nitrogen and oxygen atoms in total. The van der Waals surface area contributed by atoms with Crippen molar-refractivity contribution in [3.63, 3.8) is 0 Å². The number of ether oxygens (including phenoxy) is 2. The third-order valence-corrected chi connectivity index (χ3v) is 7.05. The molecule has 2 saturated carbocycles. The second-order valence-electron chi connectivity index (χ2n) is 10.3. The van der Waals surface area contributed by atoms with Crippen molar-refractivity contribution in [1.82, 2.24) is 0 Å². The zero-order chi connectivity index (χ0) is 19.1. The molecular formula is C23H38N2O2. The highest BCUT2D eigenvalue weighted by molar-refractivity contribution is 5.99. The fraction of sp³-hybridized carbons (Fsp3) is 0.913. The van der Waals surface area contributed by atoms with Crippen LogP contribution in [0.15, 0.2) is 9.98 Å². The molecule has 0 saturated heterocycles. The third kappa shape index (κ3) is 3.78. The van der Waals surface area contributed by atoms with Gasteiger partial charge in [-0.3, -0.25) is 0 Å². The maximum atomic E-state index is 6.54. The van der Waals surface area contributed by atoms with Crippen molar-refractivity contribution >= 4 is 11.8 Å². The summed E-state index contributed by atoms with van der Waals surface area (Å²) in [5, 5.41) is 0. The van der Waals surface area contributed by atoms with E-state index >= 15 is 0 Å². The Morgan fingerprint density at radius 3 is 1.44 bits per heavy atom. The molecule has 0 amide bonds. The zero-order valence-corrected chi connectivity index (χ0v) is 17.8. The molecule has 4 aliphatic rings. The quantitative estimate of drug-likeness (QED) is 0.599. The van der Waals surface area contributed by atoms with Crippen molar-refractivity contribution in [1.29, 1.82) is 0 Å². The molecule has 4 heteroatoms. The van der Waals surface area contributed by atoms with E-state index in [1.165, 1.54) is 25.7 Å². The van der Waals surface area contributed by atoms with Gasteiger partial charge in [-0.2, -0.15) is 0 Å². The van der Waals surface area contributed by atoms with E-state index in [9.17, 15) is 0 Å². The van der Waals surface area contributed by atoms with Crippen LogP contribution in [0.3, 0.4) is 0 Å². The first-order chi connectivity index (χ1) is 12.9. The van der Waals surface area contributed by atoms with E-state index in [-0.39, 0.29) is 11.2 Å². The molecule has 2 spiro atoms. The van der Waals surface area contributed by atoms with E-state index in [0.717, 1.165) is 50.3 Å². The Kier molecular flexibility index (Phi) is 5.28. The highest BCUT2D eigenvalue weighted by Crippen LogP contribution is 2.46. The predicted molar refractivity (Wildman–Crippen MR) is 111 cm³/mol. The van der Waals surface area contributed by atoms with Gasteiger partial charge < -0.3 is 9.47 Å². The topological polar surface area (TPSA) is 43.2 Å². The van der Waals surface area contributed by atoms with Gasteiger partial charge in [0.15, 0.2) is 11.8 Å². The van der Waals surface area contributed by atoms with Gasteiger partial charge >= 0.3 is 0 Å². The van der Waals surface area contributed by atoms with Gasteiger partial charge in [0.1, 0.15) is 11.2 Å². The average molecular weight is 375 g/mol. The summed E-state index contributed by atoms with van der Waals surface area (Å²) in [4.78, 5) is 10.1. The number of aliphatic imine (C=N–C) groups is 2. The van der Waals surface area contributed by atoms with Gasteiger partial charge in [-0.25, -0.2) is 9.98 Å². The highest BCUT2D eigenvalue weighted by Gasteiger charge is 2.51. The average Bonchev–Trinajstić information content (AvgIpc) is 3.33. The van der Waals surface area contributed by atoms with Crippen LogP contribution in [0, 0.1) is 11.8 Å². The van der Waals surface area contributed by atoms with Crippen LogP contribution in [0.5, 0.6) is 0 Å². The van der Waals surface area contributed by atoms with E-state index in [1.807, 2.05) is 0 Å². The van der Waals surface area contributed by atoms with Gasteiger partial charge in [0.2, 0.25) is 0 Å². The number of hydrogen-bond donors (Lipinski definition) is 0. The van der Waals surface area contributed by atoms with Crippen molar-refractivity contribution in [3.05, 3.63) is 0 Å². The molecule has 2 heterocycles. The van der Waals surface area contributed by atoms with Crippen LogP contribution in [-0.4, -0.2) is 35.1 Å². The summed E-state index contributed by atoms with van der Waals surface area (Å²) in [5.41, 5.74) is -0.0533. The van der Waals surface area contributed by atoms with Crippen molar-refractivity contribution in [2.75, 3.05) is 0 Å². The van der Waals surface area contributed by atoms with Crippen LogP contribution >= 0.6 is 0 Å². The molecular weight excluding hydrogens is 336 g/mol. The minimum Gasteiger partial charge on any atom is -0.472 e. The van der Waals surface area contributed by atoms with E-state index in [2.05, 4.69) is 27.7 Å². The summed E-state index contributed by atoms with van der Waals surface area (Å²) in [6.07, 6.45) is 12.6. The van der Waals surface area contributed by atoms with E-state index < -0.39 is 0 Å². The SMILES string of the molecule is CC(C)C[C@@H]1N=C(CC2=N[C@@H](CC(C)C)C3(CCCC3)O2)OC12CCCC2. The smallest absolute Gasteiger partial charge is 0.193 e. The molecule has 2 atom stereocenters. The first kappa shape index (κ1) is 19.3. The molecule has 2 aliphatic heterocycles. The predicted octanol–water partition coefficient (Wildman–Crippen LogP) is 5.69. The summed E-state index contributed by atoms with van der Waals surface area (Å²) < 4.78 is 13.1. The van der Waals surface area contributed by atoms with Gasteiger partial charge in [0, 0.05) is 0 Å². The largest absolute Gasteiger partial charge is 0.472 e. The first-order valence-corrected chi connectivity index (χ1v) is 11.4. The summed E-state index contributed by atoms with van der Waals surface area (Å²) >= 11 is 0. The van der Waals surface area contributed by atoms with Crippen LogP contribution in [0.25, 0.3) is 0 Å². The Balaban J connectivity index is 1.48. The standard InChI is InChI=1S/C23H38N2O2/c1-16(2)13-18-22(9-5-6-10-22)26-20(24-18)15-21-25-19(14-17(3)4)23(27-21)11-7-8-12-23/h16-19H,5-15H2,1-4H3/t18-,19-/m0/s1. The Hall–Kier alpha value is -1.06. The fourth-order valence-electron chi connectivity index (χ4n) is 5.78. The minimum atomic E-state index is -0.0266. The summed E-state index contributed by atoms with van der Waals surface area (Å²) in [6.45, 7) is 9.17. The molecule has 0 aromatic heterocycles. The maximum absolute atomic E-state index is 6.54. The van der Waals surface area contributed by atoms with Gasteiger partial charge in [-0.15, -0.1) is 0 Å². The van der Waals surface area contributed by atoms with Crippen LogP contribution in [0.2, 0.25) is 0 Å². The fourth-order valence-corrected chi connectivity index (χ4v) is 5.78. The van der Waals surface area contributed by atoms with Gasteiger partial charge in [-0.1, -0.05) is 27.7 Å². The molecule has 152 valence electrons. The third-order valence-electron chi connectivity index (χ3n) is 7.05. The summed E-state index contributed by atoms with van der Waals surface area (Å²) in [5.74, 6) is 3.08. The minimum absolute atomic E-state index is 0.0266. The Morgan fingerprint density at radius 1 is 0.741 bits per heavy atom. The second kappa shape index (κ2) is 7.40. The van der Waals surface area contributed by atoms with Gasteiger partial charge in [-0.05, 0) is 76.0 Å². The molecule has 0 aromatic carbocycles. The number of hydrogen-bond acceptors (Lipinski definition) is 4. The van der Waals surface area contributed by atoms with E-state index in [0.29, 0.717) is 30.3 Å². The lowest BCUT2D eigenvalue weighted by Crippen LogP contribution is -2.39. The van der Waals surface area contributed by atoms with Crippen LogP contribution in [0.1, 0.15) is 98.3 Å². The second-order valence-corrected chi connectivity index (χ2v) is 10.3. The van der Waals surface area contributed by atoms with Crippen LogP contribution in [0.4, 0.5) is 0 Å². The molecule has 0 unspecified atom stereocenters. The molecule has 0 aromatic rings. The first-order valence-electron chi connectivity index (χ1n) is 11.4. The van der Waals surface area contributed by atoms with Crippen molar-refractivity contribution in [2.24, 2.45) is 21.8 Å². The molecule has 2 fully saturated rings. The molecule has 4 rings (SSSR count). The van der Waals surface area contributed by atoms with E-state index in [1.54, 1.807) is 0 Å². The lowest BCUT2D eigenvalue weighted by Gasteiger charge is -2.30. The Morgan fingerprint density at radius 2 is 1.11 bits per heavy atom. The van der Waals surface area contributed by atoms with Crippen LogP contribution < -0.4 is 0 Å². The summed E-state index contributed by atoms with van der Waals surface area (Å²) in [6, 6.07) is 0.646. The van der Waals surface area contributed by atoms with Crippen LogP contribution in [-0.2, 0) is 9.47 Å². The molecule has 2 aliphatic carbocycles. The molecule has 0 N–H and O–H groups in total. The zero-order valence-electron chi connectivity index (χ0n) is 17.8. The van der Waals surface area contributed by atoms with Crippen molar-refractivity contribution in [2.45, 2.75) is 122 Å². The normalized spacial score (nSPS) is 31.0. The maximum Gasteiger partial charge on any atom is 0.193 e. The monoisotopic (exact) mass is 374 g/mol. The summed E-state index contributed by atoms with van der Waals surface area (Å²) in [7, 11) is 0. The van der Waals surface area contributed by atoms with E-state index in [4.69, 9.17) is 19.5 Å². The molecule has 0 bridgehead atoms. The number of rotatable bonds is 6. The Labute approximate surface area is 165 Å². The van der Waals surface area contributed by atoms with Crippen molar-refractivity contribution in [3.8, 4) is 0 Å². The Bertz CT molecular complexity index is 543. The number of nitrogens with zero attached hydrogens (tertiary/aromatic N) is 2. The van der Waals surface area contributed by atoms with Gasteiger partial charge in [0.05, 0.1) is 18.5 Å². The van der Waals surface area contributed by atoms with Crippen molar-refractivity contribution < 1.29 is 9.47 Å². The lowest BCUT2D eigenvalue weighted by atomic mass is 9.87.